The van der Waals surface area contributed by atoms with E-state index in [1.54, 1.807) is 48.7 Å². The van der Waals surface area contributed by atoms with E-state index < -0.39 is 10.0 Å². The summed E-state index contributed by atoms with van der Waals surface area (Å²) >= 11 is 0. The maximum Gasteiger partial charge on any atom is 0.243 e. The SMILES string of the molecule is O=C(CNC(=O)C1CCN(S(=O)(=O)c2ccccc2)CC1)NCc1ccccn1. The standard InChI is InChI=1S/C20H24N4O4S/c25-19(22-14-17-6-4-5-11-21-17)15-23-20(26)16-9-12-24(13-10-16)29(27,28)18-7-2-1-3-8-18/h1-8,11,16H,9-10,12-15H2,(H,22,25)(H,23,26). The van der Waals surface area contributed by atoms with E-state index in [1.165, 1.54) is 4.31 Å². The third-order valence-corrected chi connectivity index (χ3v) is 6.73. The van der Waals surface area contributed by atoms with Crippen molar-refractivity contribution >= 4 is 21.8 Å². The Morgan fingerprint density at radius 3 is 2.34 bits per heavy atom. The second kappa shape index (κ2) is 9.62. The Morgan fingerprint density at radius 1 is 1.00 bits per heavy atom. The number of amides is 2. The molecule has 0 radical (unpaired) electrons. The molecule has 0 aliphatic carbocycles. The van der Waals surface area contributed by atoms with Gasteiger partial charge in [-0.25, -0.2) is 8.42 Å². The van der Waals surface area contributed by atoms with Crippen molar-refractivity contribution in [1.82, 2.24) is 19.9 Å². The lowest BCUT2D eigenvalue weighted by molar-refractivity contribution is -0.129. The van der Waals surface area contributed by atoms with E-state index >= 15 is 0 Å². The van der Waals surface area contributed by atoms with Gasteiger partial charge in [0.15, 0.2) is 0 Å². The van der Waals surface area contributed by atoms with Crippen LogP contribution in [0.3, 0.4) is 0 Å². The maximum atomic E-state index is 12.6. The van der Waals surface area contributed by atoms with Gasteiger partial charge in [-0.2, -0.15) is 4.31 Å². The molecular weight excluding hydrogens is 392 g/mol. The Bertz CT molecular complexity index is 927. The minimum Gasteiger partial charge on any atom is -0.349 e. The van der Waals surface area contributed by atoms with Gasteiger partial charge in [0.05, 0.1) is 23.7 Å². The highest BCUT2D eigenvalue weighted by Gasteiger charge is 2.32. The van der Waals surface area contributed by atoms with Crippen LogP contribution in [0.15, 0.2) is 59.6 Å². The Labute approximate surface area is 170 Å². The molecule has 2 N–H and O–H groups in total. The van der Waals surface area contributed by atoms with Gasteiger partial charge in [-0.15, -0.1) is 0 Å². The Hall–Kier alpha value is -2.78. The first-order valence-electron chi connectivity index (χ1n) is 9.46. The highest BCUT2D eigenvalue weighted by Crippen LogP contribution is 2.23. The van der Waals surface area contributed by atoms with Crippen LogP contribution in [0.2, 0.25) is 0 Å². The van der Waals surface area contributed by atoms with Crippen LogP contribution < -0.4 is 10.6 Å². The number of hydrogen-bond donors (Lipinski definition) is 2. The average molecular weight is 417 g/mol. The zero-order valence-electron chi connectivity index (χ0n) is 16.0. The fourth-order valence-electron chi connectivity index (χ4n) is 3.17. The number of sulfonamides is 1. The highest BCUT2D eigenvalue weighted by molar-refractivity contribution is 7.89. The molecule has 1 saturated heterocycles. The van der Waals surface area contributed by atoms with E-state index in [4.69, 9.17) is 0 Å². The molecule has 0 unspecified atom stereocenters. The van der Waals surface area contributed by atoms with E-state index in [1.807, 2.05) is 6.07 Å². The van der Waals surface area contributed by atoms with Crippen molar-refractivity contribution < 1.29 is 18.0 Å². The van der Waals surface area contributed by atoms with Crippen molar-refractivity contribution in [2.75, 3.05) is 19.6 Å². The summed E-state index contributed by atoms with van der Waals surface area (Å²) in [6.07, 6.45) is 2.49. The van der Waals surface area contributed by atoms with Crippen molar-refractivity contribution in [3.8, 4) is 0 Å². The van der Waals surface area contributed by atoms with E-state index in [2.05, 4.69) is 15.6 Å². The summed E-state index contributed by atoms with van der Waals surface area (Å²) in [7, 11) is -3.54. The topological polar surface area (TPSA) is 108 Å². The molecule has 0 saturated carbocycles. The molecule has 2 amide bonds. The van der Waals surface area contributed by atoms with Crippen LogP contribution in [0.1, 0.15) is 18.5 Å². The smallest absolute Gasteiger partial charge is 0.243 e. The van der Waals surface area contributed by atoms with Crippen LogP contribution in [0, 0.1) is 5.92 Å². The molecule has 1 aromatic heterocycles. The zero-order valence-corrected chi connectivity index (χ0v) is 16.8. The number of nitrogens with one attached hydrogen (secondary N) is 2. The summed E-state index contributed by atoms with van der Waals surface area (Å²) in [5.41, 5.74) is 0.735. The summed E-state index contributed by atoms with van der Waals surface area (Å²) in [6.45, 7) is 0.738. The lowest BCUT2D eigenvalue weighted by Crippen LogP contribution is -2.45. The van der Waals surface area contributed by atoms with Crippen LogP contribution in [0.5, 0.6) is 0 Å². The summed E-state index contributed by atoms with van der Waals surface area (Å²) in [4.78, 5) is 28.6. The fourth-order valence-corrected chi connectivity index (χ4v) is 4.66. The summed E-state index contributed by atoms with van der Waals surface area (Å²) in [6, 6.07) is 13.7. The number of nitrogens with zero attached hydrogens (tertiary/aromatic N) is 2. The van der Waals surface area contributed by atoms with Crippen molar-refractivity contribution in [3.05, 3.63) is 60.4 Å². The summed E-state index contributed by atoms with van der Waals surface area (Å²) < 4.78 is 26.7. The molecule has 2 aromatic rings. The number of pyridine rings is 1. The minimum absolute atomic E-state index is 0.117. The molecule has 1 aliphatic rings. The number of carbonyl (C=O) groups is 2. The number of hydrogen-bond acceptors (Lipinski definition) is 5. The van der Waals surface area contributed by atoms with Crippen molar-refractivity contribution in [3.63, 3.8) is 0 Å². The number of benzene rings is 1. The second-order valence-electron chi connectivity index (χ2n) is 6.81. The van der Waals surface area contributed by atoms with Crippen molar-refractivity contribution in [2.45, 2.75) is 24.3 Å². The first-order chi connectivity index (χ1) is 14.0. The fraction of sp³-hybridized carbons (Fsp3) is 0.350. The first-order valence-corrected chi connectivity index (χ1v) is 10.9. The monoisotopic (exact) mass is 416 g/mol. The molecule has 0 atom stereocenters. The Morgan fingerprint density at radius 2 is 1.69 bits per heavy atom. The highest BCUT2D eigenvalue weighted by atomic mass is 32.2. The van der Waals surface area contributed by atoms with Crippen LogP contribution in [-0.4, -0.2) is 49.2 Å². The second-order valence-corrected chi connectivity index (χ2v) is 8.74. The predicted molar refractivity (Wildman–Crippen MR) is 107 cm³/mol. The van der Waals surface area contributed by atoms with E-state index in [0.29, 0.717) is 19.4 Å². The first kappa shape index (κ1) is 20.9. The quantitative estimate of drug-likeness (QED) is 0.698. The molecular formula is C20H24N4O4S. The predicted octanol–water partition coefficient (Wildman–Crippen LogP) is 0.915. The van der Waals surface area contributed by atoms with Crippen LogP contribution >= 0.6 is 0 Å². The molecule has 8 nitrogen and oxygen atoms in total. The Balaban J connectivity index is 1.42. The van der Waals surface area contributed by atoms with Crippen molar-refractivity contribution in [1.29, 1.82) is 0 Å². The average Bonchev–Trinajstić information content (AvgIpc) is 2.77. The number of carbonyl (C=O) groups excluding carboxylic acids is 2. The normalized spacial score (nSPS) is 15.6. The zero-order chi connectivity index (χ0) is 20.7. The molecule has 29 heavy (non-hydrogen) atoms. The molecule has 1 aliphatic heterocycles. The summed E-state index contributed by atoms with van der Waals surface area (Å²) in [5.74, 6) is -0.830. The van der Waals surface area contributed by atoms with E-state index in [-0.39, 0.29) is 42.3 Å². The van der Waals surface area contributed by atoms with Gasteiger partial charge in [-0.05, 0) is 37.1 Å². The summed E-state index contributed by atoms with van der Waals surface area (Å²) in [5, 5.41) is 5.33. The van der Waals surface area contributed by atoms with Gasteiger partial charge in [0.2, 0.25) is 21.8 Å². The van der Waals surface area contributed by atoms with Gasteiger partial charge >= 0.3 is 0 Å². The van der Waals surface area contributed by atoms with Crippen LogP contribution in [0.25, 0.3) is 0 Å². The lowest BCUT2D eigenvalue weighted by atomic mass is 9.97. The molecule has 1 fully saturated rings. The van der Waals surface area contributed by atoms with Gasteiger partial charge in [0, 0.05) is 25.2 Å². The molecule has 1 aromatic carbocycles. The molecule has 0 spiro atoms. The largest absolute Gasteiger partial charge is 0.349 e. The van der Waals surface area contributed by atoms with Gasteiger partial charge in [-0.1, -0.05) is 24.3 Å². The maximum absolute atomic E-state index is 12.6. The third-order valence-electron chi connectivity index (χ3n) is 4.82. The number of aromatic nitrogens is 1. The third kappa shape index (κ3) is 5.61. The Kier molecular flexibility index (Phi) is 6.95. The molecule has 2 heterocycles. The van der Waals surface area contributed by atoms with Crippen LogP contribution in [0.4, 0.5) is 0 Å². The van der Waals surface area contributed by atoms with Crippen LogP contribution in [-0.2, 0) is 26.2 Å². The van der Waals surface area contributed by atoms with Gasteiger partial charge < -0.3 is 10.6 Å². The number of rotatable bonds is 7. The molecule has 9 heteroatoms. The minimum atomic E-state index is -3.54. The van der Waals surface area contributed by atoms with E-state index in [0.717, 1.165) is 5.69 Å². The van der Waals surface area contributed by atoms with Crippen molar-refractivity contribution in [2.24, 2.45) is 5.92 Å². The van der Waals surface area contributed by atoms with Gasteiger partial charge in [-0.3, -0.25) is 14.6 Å². The van der Waals surface area contributed by atoms with Gasteiger partial charge in [0.25, 0.3) is 0 Å². The molecule has 3 rings (SSSR count). The number of piperidine rings is 1. The lowest BCUT2D eigenvalue weighted by Gasteiger charge is -2.30. The molecule has 154 valence electrons. The van der Waals surface area contributed by atoms with Gasteiger partial charge in [0.1, 0.15) is 0 Å². The van der Waals surface area contributed by atoms with E-state index in [9.17, 15) is 18.0 Å². The molecule has 0 bridgehead atoms.